The quantitative estimate of drug-likeness (QED) is 0.519. The molecule has 3 heterocycles. The van der Waals surface area contributed by atoms with E-state index < -0.39 is 5.41 Å². The Kier molecular flexibility index (Phi) is 4.82. The Labute approximate surface area is 162 Å². The number of furan rings is 1. The second-order valence-corrected chi connectivity index (χ2v) is 7.58. The summed E-state index contributed by atoms with van der Waals surface area (Å²) in [5.74, 6) is -0.122. The van der Waals surface area contributed by atoms with Crippen molar-refractivity contribution >= 4 is 24.1 Å². The minimum Gasteiger partial charge on any atom is -0.459 e. The molecule has 9 heteroatoms. The Morgan fingerprint density at radius 1 is 0.857 bits per heavy atom. The van der Waals surface area contributed by atoms with Gasteiger partial charge in [-0.3, -0.25) is 19.2 Å². The van der Waals surface area contributed by atoms with Gasteiger partial charge in [-0.1, -0.05) is 0 Å². The fraction of sp³-hybridized carbons (Fsp3) is 0.579. The third-order valence-corrected chi connectivity index (χ3v) is 5.91. The lowest BCUT2D eigenvalue weighted by molar-refractivity contribution is -0.152. The summed E-state index contributed by atoms with van der Waals surface area (Å²) < 4.78 is 5.15. The van der Waals surface area contributed by atoms with Crippen molar-refractivity contribution in [1.29, 1.82) is 0 Å². The van der Waals surface area contributed by atoms with Crippen molar-refractivity contribution in [3.8, 4) is 0 Å². The molecule has 150 valence electrons. The molecule has 1 aliphatic carbocycles. The first-order valence-corrected chi connectivity index (χ1v) is 9.66. The number of piperazine rings is 2. The van der Waals surface area contributed by atoms with Crippen molar-refractivity contribution in [3.05, 3.63) is 24.2 Å². The normalized spacial score (nSPS) is 21.4. The molecule has 9 nitrogen and oxygen atoms in total. The molecule has 2 aliphatic heterocycles. The van der Waals surface area contributed by atoms with E-state index in [0.717, 1.165) is 6.41 Å². The van der Waals surface area contributed by atoms with Crippen LogP contribution < -0.4 is 0 Å². The summed E-state index contributed by atoms with van der Waals surface area (Å²) in [6.45, 7) is 3.63. The van der Waals surface area contributed by atoms with Gasteiger partial charge in [0, 0.05) is 52.4 Å². The van der Waals surface area contributed by atoms with Gasteiger partial charge >= 0.3 is 0 Å². The molecule has 4 amide bonds. The number of hydrogen-bond donors (Lipinski definition) is 0. The summed E-state index contributed by atoms with van der Waals surface area (Å²) in [7, 11) is 0. The van der Waals surface area contributed by atoms with Crippen LogP contribution in [0, 0.1) is 5.41 Å². The van der Waals surface area contributed by atoms with Crippen molar-refractivity contribution in [1.82, 2.24) is 19.6 Å². The van der Waals surface area contributed by atoms with Gasteiger partial charge in [-0.25, -0.2) is 0 Å². The molecule has 3 fully saturated rings. The molecule has 2 saturated heterocycles. The lowest BCUT2D eigenvalue weighted by atomic mass is 10.0. The SMILES string of the molecule is O=CN1CCN(C(=O)C2(C(=O)N3CCN(C(=O)c4ccco4)CC3)CC2)CC1. The van der Waals surface area contributed by atoms with Crippen LogP contribution in [0.3, 0.4) is 0 Å². The van der Waals surface area contributed by atoms with Crippen LogP contribution in [0.2, 0.25) is 0 Å². The molecule has 1 aromatic rings. The molecule has 28 heavy (non-hydrogen) atoms. The number of nitrogens with zero attached hydrogens (tertiary/aromatic N) is 4. The first-order chi connectivity index (χ1) is 13.5. The highest BCUT2D eigenvalue weighted by atomic mass is 16.3. The standard InChI is InChI=1S/C19H24N4O5/c24-14-20-5-7-22(8-6-20)17(26)19(3-4-19)18(27)23-11-9-21(10-12-23)16(25)15-2-1-13-28-15/h1-2,13-14H,3-12H2. The van der Waals surface area contributed by atoms with Gasteiger partial charge in [0.05, 0.1) is 6.26 Å². The van der Waals surface area contributed by atoms with E-state index in [1.165, 1.54) is 6.26 Å². The fourth-order valence-corrected chi connectivity index (χ4v) is 3.95. The van der Waals surface area contributed by atoms with E-state index in [-0.39, 0.29) is 17.7 Å². The predicted molar refractivity (Wildman–Crippen MR) is 97.1 cm³/mol. The highest BCUT2D eigenvalue weighted by molar-refractivity contribution is 6.08. The predicted octanol–water partition coefficient (Wildman–Crippen LogP) is -0.355. The first kappa shape index (κ1) is 18.5. The van der Waals surface area contributed by atoms with Crippen LogP contribution in [0.5, 0.6) is 0 Å². The molecular weight excluding hydrogens is 364 g/mol. The maximum atomic E-state index is 13.1. The van der Waals surface area contributed by atoms with Gasteiger partial charge in [0.2, 0.25) is 18.2 Å². The number of amides is 4. The van der Waals surface area contributed by atoms with Crippen LogP contribution in [0.4, 0.5) is 0 Å². The van der Waals surface area contributed by atoms with Gasteiger partial charge in [-0.2, -0.15) is 0 Å². The van der Waals surface area contributed by atoms with Crippen molar-refractivity contribution in [2.24, 2.45) is 5.41 Å². The zero-order valence-corrected chi connectivity index (χ0v) is 15.7. The fourth-order valence-electron chi connectivity index (χ4n) is 3.95. The van der Waals surface area contributed by atoms with Gasteiger partial charge in [-0.05, 0) is 25.0 Å². The van der Waals surface area contributed by atoms with Crippen molar-refractivity contribution in [2.75, 3.05) is 52.4 Å². The summed E-state index contributed by atoms with van der Waals surface area (Å²) in [5.41, 5.74) is -0.934. The number of rotatable bonds is 4. The monoisotopic (exact) mass is 388 g/mol. The Morgan fingerprint density at radius 2 is 1.39 bits per heavy atom. The summed E-state index contributed by atoms with van der Waals surface area (Å²) in [4.78, 5) is 56.0. The molecule has 0 N–H and O–H groups in total. The van der Waals surface area contributed by atoms with Crippen LogP contribution in [0.1, 0.15) is 23.4 Å². The number of carbonyl (C=O) groups is 4. The van der Waals surface area contributed by atoms with Crippen molar-refractivity contribution in [3.63, 3.8) is 0 Å². The molecule has 1 aromatic heterocycles. The van der Waals surface area contributed by atoms with Gasteiger partial charge < -0.3 is 24.0 Å². The molecule has 3 aliphatic rings. The van der Waals surface area contributed by atoms with Gasteiger partial charge in [0.15, 0.2) is 5.76 Å². The van der Waals surface area contributed by atoms with E-state index in [0.29, 0.717) is 71.0 Å². The Balaban J connectivity index is 1.34. The lowest BCUT2D eigenvalue weighted by Gasteiger charge is -2.38. The summed E-state index contributed by atoms with van der Waals surface area (Å²) in [6.07, 6.45) is 3.40. The largest absolute Gasteiger partial charge is 0.459 e. The lowest BCUT2D eigenvalue weighted by Crippen LogP contribution is -2.56. The molecule has 0 aromatic carbocycles. The van der Waals surface area contributed by atoms with Crippen molar-refractivity contribution in [2.45, 2.75) is 12.8 Å². The van der Waals surface area contributed by atoms with Crippen LogP contribution in [0.15, 0.2) is 22.8 Å². The van der Waals surface area contributed by atoms with E-state index in [9.17, 15) is 19.2 Å². The third-order valence-electron chi connectivity index (χ3n) is 5.91. The van der Waals surface area contributed by atoms with Gasteiger partial charge in [0.1, 0.15) is 5.41 Å². The van der Waals surface area contributed by atoms with E-state index in [4.69, 9.17) is 4.42 Å². The van der Waals surface area contributed by atoms with E-state index in [2.05, 4.69) is 0 Å². The Morgan fingerprint density at radius 3 is 1.86 bits per heavy atom. The molecular formula is C19H24N4O5. The highest BCUT2D eigenvalue weighted by Crippen LogP contribution is 2.49. The molecule has 0 unspecified atom stereocenters. The first-order valence-electron chi connectivity index (χ1n) is 9.66. The van der Waals surface area contributed by atoms with E-state index in [1.54, 1.807) is 31.7 Å². The van der Waals surface area contributed by atoms with E-state index >= 15 is 0 Å². The highest BCUT2D eigenvalue weighted by Gasteiger charge is 2.59. The summed E-state index contributed by atoms with van der Waals surface area (Å²) in [5, 5.41) is 0. The maximum Gasteiger partial charge on any atom is 0.289 e. The second-order valence-electron chi connectivity index (χ2n) is 7.58. The Hall–Kier alpha value is -2.84. The molecule has 4 rings (SSSR count). The van der Waals surface area contributed by atoms with Crippen LogP contribution in [0.25, 0.3) is 0 Å². The molecule has 0 spiro atoms. The topological polar surface area (TPSA) is 94.4 Å². The summed E-state index contributed by atoms with van der Waals surface area (Å²) in [6, 6.07) is 3.30. The van der Waals surface area contributed by atoms with E-state index in [1.807, 2.05) is 0 Å². The summed E-state index contributed by atoms with van der Waals surface area (Å²) >= 11 is 0. The van der Waals surface area contributed by atoms with Crippen LogP contribution in [-0.4, -0.2) is 96.1 Å². The minimum absolute atomic E-state index is 0.114. The van der Waals surface area contributed by atoms with Gasteiger partial charge in [0.25, 0.3) is 5.91 Å². The maximum absolute atomic E-state index is 13.1. The average molecular weight is 388 g/mol. The molecule has 0 bridgehead atoms. The van der Waals surface area contributed by atoms with Crippen LogP contribution >= 0.6 is 0 Å². The van der Waals surface area contributed by atoms with Crippen LogP contribution in [-0.2, 0) is 14.4 Å². The zero-order chi connectivity index (χ0) is 19.7. The number of carbonyl (C=O) groups excluding carboxylic acids is 4. The molecule has 1 saturated carbocycles. The third kappa shape index (κ3) is 3.25. The minimum atomic E-state index is -0.934. The Bertz CT molecular complexity index is 757. The average Bonchev–Trinajstić information content (AvgIpc) is 3.38. The zero-order valence-electron chi connectivity index (χ0n) is 15.7. The van der Waals surface area contributed by atoms with Gasteiger partial charge in [-0.15, -0.1) is 0 Å². The number of hydrogen-bond acceptors (Lipinski definition) is 5. The molecule has 0 radical (unpaired) electrons. The smallest absolute Gasteiger partial charge is 0.289 e. The molecule has 0 atom stereocenters. The van der Waals surface area contributed by atoms with Crippen molar-refractivity contribution < 1.29 is 23.6 Å². The second kappa shape index (κ2) is 7.29.